The van der Waals surface area contributed by atoms with Crippen LogP contribution in [-0.2, 0) is 0 Å². The summed E-state index contributed by atoms with van der Waals surface area (Å²) < 4.78 is 13.3. The van der Waals surface area contributed by atoms with Gasteiger partial charge < -0.3 is 4.90 Å². The number of benzene rings is 1. The van der Waals surface area contributed by atoms with Crippen molar-refractivity contribution in [3.8, 4) is 0 Å². The van der Waals surface area contributed by atoms with E-state index in [-0.39, 0.29) is 11.7 Å². The lowest BCUT2D eigenvalue weighted by atomic mass is 9.93. The first-order valence-electron chi connectivity index (χ1n) is 8.49. The van der Waals surface area contributed by atoms with E-state index in [0.29, 0.717) is 5.56 Å². The van der Waals surface area contributed by atoms with Gasteiger partial charge in [-0.05, 0) is 49.3 Å². The smallest absolute Gasteiger partial charge is 0.254 e. The molecule has 1 aliphatic heterocycles. The number of hydrogen-bond donors (Lipinski definition) is 0. The van der Waals surface area contributed by atoms with Crippen molar-refractivity contribution in [1.29, 1.82) is 0 Å². The van der Waals surface area contributed by atoms with Crippen molar-refractivity contribution in [2.75, 3.05) is 26.2 Å². The number of piperazine rings is 1. The summed E-state index contributed by atoms with van der Waals surface area (Å²) in [6.07, 6.45) is 5.62. The fourth-order valence-corrected chi connectivity index (χ4v) is 4.72. The Labute approximate surface area is 131 Å². The molecule has 0 spiro atoms. The Balaban J connectivity index is 1.36. The number of halogens is 1. The maximum absolute atomic E-state index is 13.3. The van der Waals surface area contributed by atoms with Crippen molar-refractivity contribution in [3.63, 3.8) is 0 Å². The maximum Gasteiger partial charge on any atom is 0.254 e. The van der Waals surface area contributed by atoms with Gasteiger partial charge >= 0.3 is 0 Å². The number of amides is 1. The molecule has 0 aromatic heterocycles. The molecule has 2 saturated carbocycles. The zero-order valence-corrected chi connectivity index (χ0v) is 12.9. The van der Waals surface area contributed by atoms with Crippen LogP contribution in [0.3, 0.4) is 0 Å². The molecular weight excluding hydrogens is 279 g/mol. The van der Waals surface area contributed by atoms with E-state index in [1.54, 1.807) is 12.1 Å². The third-order valence-corrected chi connectivity index (χ3v) is 5.84. The molecule has 3 atom stereocenters. The van der Waals surface area contributed by atoms with Crippen molar-refractivity contribution < 1.29 is 9.18 Å². The van der Waals surface area contributed by atoms with Crippen molar-refractivity contribution >= 4 is 5.91 Å². The SMILES string of the molecule is O=C(c1cccc(F)c1)N1CCN([C@@H]2C[C@H]3CC[C@@H]2C3)CC1. The normalized spacial score (nSPS) is 31.7. The number of rotatable bonds is 2. The van der Waals surface area contributed by atoms with Gasteiger partial charge in [-0.3, -0.25) is 9.69 Å². The molecule has 1 amide bonds. The van der Waals surface area contributed by atoms with Crippen LogP contribution < -0.4 is 0 Å². The van der Waals surface area contributed by atoms with Crippen LogP contribution in [0.15, 0.2) is 24.3 Å². The molecule has 1 aromatic carbocycles. The van der Waals surface area contributed by atoms with E-state index < -0.39 is 0 Å². The summed E-state index contributed by atoms with van der Waals surface area (Å²) in [6, 6.07) is 6.78. The van der Waals surface area contributed by atoms with Crippen molar-refractivity contribution in [2.45, 2.75) is 31.7 Å². The molecule has 2 aliphatic carbocycles. The minimum Gasteiger partial charge on any atom is -0.336 e. The highest BCUT2D eigenvalue weighted by Crippen LogP contribution is 2.46. The summed E-state index contributed by atoms with van der Waals surface area (Å²) in [5.41, 5.74) is 0.466. The summed E-state index contributed by atoms with van der Waals surface area (Å²) >= 11 is 0. The third kappa shape index (κ3) is 2.54. The average molecular weight is 302 g/mol. The van der Waals surface area contributed by atoms with Crippen LogP contribution in [0.5, 0.6) is 0 Å². The fourth-order valence-electron chi connectivity index (χ4n) is 4.72. The molecule has 0 unspecified atom stereocenters. The van der Waals surface area contributed by atoms with E-state index in [0.717, 1.165) is 44.1 Å². The van der Waals surface area contributed by atoms with Gasteiger partial charge in [-0.1, -0.05) is 12.5 Å². The first kappa shape index (κ1) is 14.2. The number of nitrogens with zero attached hydrogens (tertiary/aromatic N) is 2. The summed E-state index contributed by atoms with van der Waals surface area (Å²) in [6.45, 7) is 3.47. The second-order valence-corrected chi connectivity index (χ2v) is 7.08. The molecular formula is C18H23FN2O. The lowest BCUT2D eigenvalue weighted by molar-refractivity contribution is 0.0495. The fraction of sp³-hybridized carbons (Fsp3) is 0.611. The largest absolute Gasteiger partial charge is 0.336 e. The number of carbonyl (C=O) groups is 1. The maximum atomic E-state index is 13.3. The quantitative estimate of drug-likeness (QED) is 0.839. The van der Waals surface area contributed by atoms with E-state index >= 15 is 0 Å². The van der Waals surface area contributed by atoms with Gasteiger partial charge in [0, 0.05) is 37.8 Å². The van der Waals surface area contributed by atoms with Crippen LogP contribution in [0.4, 0.5) is 4.39 Å². The van der Waals surface area contributed by atoms with Gasteiger partial charge in [0.1, 0.15) is 5.82 Å². The van der Waals surface area contributed by atoms with E-state index in [2.05, 4.69) is 4.90 Å². The average Bonchev–Trinajstić information content (AvgIpc) is 3.17. The molecule has 3 aliphatic rings. The topological polar surface area (TPSA) is 23.6 Å². The molecule has 2 bridgehead atoms. The Morgan fingerprint density at radius 3 is 2.55 bits per heavy atom. The summed E-state index contributed by atoms with van der Waals surface area (Å²) in [5.74, 6) is 1.48. The molecule has 0 radical (unpaired) electrons. The van der Waals surface area contributed by atoms with Crippen molar-refractivity contribution in [2.24, 2.45) is 11.8 Å². The van der Waals surface area contributed by atoms with E-state index in [4.69, 9.17) is 0 Å². The van der Waals surface area contributed by atoms with Crippen LogP contribution >= 0.6 is 0 Å². The van der Waals surface area contributed by atoms with Gasteiger partial charge in [0.2, 0.25) is 0 Å². The van der Waals surface area contributed by atoms with Crippen molar-refractivity contribution in [3.05, 3.63) is 35.6 Å². The molecule has 3 nitrogen and oxygen atoms in total. The molecule has 0 N–H and O–H groups in total. The highest BCUT2D eigenvalue weighted by molar-refractivity contribution is 5.94. The van der Waals surface area contributed by atoms with Gasteiger partial charge in [-0.2, -0.15) is 0 Å². The zero-order chi connectivity index (χ0) is 15.1. The lowest BCUT2D eigenvalue weighted by Crippen LogP contribution is -2.53. The van der Waals surface area contributed by atoms with Crippen LogP contribution in [0, 0.1) is 17.7 Å². The van der Waals surface area contributed by atoms with Gasteiger partial charge in [0.25, 0.3) is 5.91 Å². The predicted molar refractivity (Wildman–Crippen MR) is 83.1 cm³/mol. The van der Waals surface area contributed by atoms with Gasteiger partial charge in [0.15, 0.2) is 0 Å². The molecule has 1 heterocycles. The highest BCUT2D eigenvalue weighted by Gasteiger charge is 2.42. The minimum atomic E-state index is -0.341. The van der Waals surface area contributed by atoms with Crippen LogP contribution in [-0.4, -0.2) is 47.9 Å². The minimum absolute atomic E-state index is 0.0351. The Morgan fingerprint density at radius 1 is 1.09 bits per heavy atom. The summed E-state index contributed by atoms with van der Waals surface area (Å²) in [5, 5.41) is 0. The van der Waals surface area contributed by atoms with E-state index in [1.165, 1.54) is 37.8 Å². The Kier molecular flexibility index (Phi) is 3.65. The standard InChI is InChI=1S/C18H23FN2O/c19-16-3-1-2-15(12-16)18(22)21-8-6-20(7-9-21)17-11-13-4-5-14(17)10-13/h1-3,12-14,17H,4-11H2/t13-,14+,17+/m0/s1. The van der Waals surface area contributed by atoms with E-state index in [1.807, 2.05) is 4.90 Å². The van der Waals surface area contributed by atoms with E-state index in [9.17, 15) is 9.18 Å². The molecule has 4 heteroatoms. The highest BCUT2D eigenvalue weighted by atomic mass is 19.1. The number of carbonyl (C=O) groups excluding carboxylic acids is 1. The van der Waals surface area contributed by atoms with Crippen LogP contribution in [0.2, 0.25) is 0 Å². The van der Waals surface area contributed by atoms with Crippen LogP contribution in [0.1, 0.15) is 36.0 Å². The first-order valence-corrected chi connectivity index (χ1v) is 8.49. The second kappa shape index (κ2) is 5.65. The molecule has 118 valence electrons. The Morgan fingerprint density at radius 2 is 1.91 bits per heavy atom. The monoisotopic (exact) mass is 302 g/mol. The second-order valence-electron chi connectivity index (χ2n) is 7.08. The molecule has 3 fully saturated rings. The Hall–Kier alpha value is -1.42. The molecule has 22 heavy (non-hydrogen) atoms. The molecule has 1 saturated heterocycles. The van der Waals surface area contributed by atoms with Gasteiger partial charge in [-0.25, -0.2) is 4.39 Å². The van der Waals surface area contributed by atoms with Gasteiger partial charge in [-0.15, -0.1) is 0 Å². The number of fused-ring (bicyclic) bond motifs is 2. The van der Waals surface area contributed by atoms with Gasteiger partial charge in [0.05, 0.1) is 0 Å². The zero-order valence-electron chi connectivity index (χ0n) is 12.9. The van der Waals surface area contributed by atoms with Crippen LogP contribution in [0.25, 0.3) is 0 Å². The first-order chi connectivity index (χ1) is 10.7. The predicted octanol–water partition coefficient (Wildman–Crippen LogP) is 2.77. The molecule has 1 aromatic rings. The summed E-state index contributed by atoms with van der Waals surface area (Å²) in [4.78, 5) is 16.9. The Bertz CT molecular complexity index is 568. The number of hydrogen-bond acceptors (Lipinski definition) is 2. The molecule has 4 rings (SSSR count). The summed E-state index contributed by atoms with van der Waals surface area (Å²) in [7, 11) is 0. The lowest BCUT2D eigenvalue weighted by Gasteiger charge is -2.41. The van der Waals surface area contributed by atoms with Crippen molar-refractivity contribution in [1.82, 2.24) is 9.80 Å². The third-order valence-electron chi connectivity index (χ3n) is 5.84.